The zero-order valence-corrected chi connectivity index (χ0v) is 9.08. The summed E-state index contributed by atoms with van der Waals surface area (Å²) in [6, 6.07) is 4.54. The van der Waals surface area contributed by atoms with Crippen molar-refractivity contribution in [2.75, 3.05) is 12.3 Å². The second kappa shape index (κ2) is 5.00. The van der Waals surface area contributed by atoms with E-state index in [9.17, 15) is 4.79 Å². The van der Waals surface area contributed by atoms with Crippen molar-refractivity contribution >= 4 is 23.2 Å². The van der Waals surface area contributed by atoms with E-state index in [2.05, 4.69) is 5.32 Å². The molecule has 82 valence electrons. The van der Waals surface area contributed by atoms with Gasteiger partial charge in [0.25, 0.3) is 5.91 Å². The van der Waals surface area contributed by atoms with Crippen LogP contribution >= 0.6 is 11.6 Å². The van der Waals surface area contributed by atoms with Gasteiger partial charge in [-0.05, 0) is 19.1 Å². The standard InChI is InChI=1S/C10H13ClN2O2/c1-6(5-14)13-10(15)7-3-2-4-8(11)9(7)12/h2-4,6,14H,5,12H2,1H3,(H,13,15)/t6-/m0/s1. The van der Waals surface area contributed by atoms with E-state index in [1.54, 1.807) is 25.1 Å². The third-order valence-electron chi connectivity index (χ3n) is 1.95. The summed E-state index contributed by atoms with van der Waals surface area (Å²) < 4.78 is 0. The molecule has 0 saturated carbocycles. The van der Waals surface area contributed by atoms with E-state index in [-0.39, 0.29) is 24.2 Å². The molecule has 1 atom stereocenters. The van der Waals surface area contributed by atoms with Crippen LogP contribution < -0.4 is 11.1 Å². The highest BCUT2D eigenvalue weighted by molar-refractivity contribution is 6.33. The Bertz CT molecular complexity index is 368. The molecule has 0 unspecified atom stereocenters. The number of para-hydroxylation sites is 1. The highest BCUT2D eigenvalue weighted by Gasteiger charge is 2.13. The zero-order valence-electron chi connectivity index (χ0n) is 8.33. The molecule has 0 fully saturated rings. The molecule has 1 aromatic rings. The van der Waals surface area contributed by atoms with Crippen LogP contribution in [0.3, 0.4) is 0 Å². The van der Waals surface area contributed by atoms with Crippen molar-refractivity contribution in [1.82, 2.24) is 5.32 Å². The largest absolute Gasteiger partial charge is 0.397 e. The fourth-order valence-corrected chi connectivity index (χ4v) is 1.26. The maximum Gasteiger partial charge on any atom is 0.253 e. The number of hydrogen-bond acceptors (Lipinski definition) is 3. The summed E-state index contributed by atoms with van der Waals surface area (Å²) in [5, 5.41) is 11.7. The first kappa shape index (κ1) is 11.8. The van der Waals surface area contributed by atoms with Crippen LogP contribution in [0.5, 0.6) is 0 Å². The summed E-state index contributed by atoms with van der Waals surface area (Å²) in [7, 11) is 0. The van der Waals surface area contributed by atoms with Crippen LogP contribution in [0.25, 0.3) is 0 Å². The summed E-state index contributed by atoms with van der Waals surface area (Å²) in [4.78, 5) is 11.6. The molecule has 15 heavy (non-hydrogen) atoms. The lowest BCUT2D eigenvalue weighted by Crippen LogP contribution is -2.35. The van der Waals surface area contributed by atoms with Crippen LogP contribution in [-0.2, 0) is 0 Å². The average molecular weight is 229 g/mol. The Morgan fingerprint density at radius 1 is 1.67 bits per heavy atom. The lowest BCUT2D eigenvalue weighted by Gasteiger charge is -2.12. The van der Waals surface area contributed by atoms with Gasteiger partial charge in [0.1, 0.15) is 0 Å². The van der Waals surface area contributed by atoms with Crippen molar-refractivity contribution in [2.45, 2.75) is 13.0 Å². The number of nitrogen functional groups attached to an aromatic ring is 1. The molecule has 4 N–H and O–H groups in total. The minimum Gasteiger partial charge on any atom is -0.397 e. The molecule has 0 bridgehead atoms. The molecular weight excluding hydrogens is 216 g/mol. The Morgan fingerprint density at radius 2 is 2.33 bits per heavy atom. The number of nitrogens with two attached hydrogens (primary N) is 1. The van der Waals surface area contributed by atoms with Crippen LogP contribution in [0.1, 0.15) is 17.3 Å². The van der Waals surface area contributed by atoms with Gasteiger partial charge in [0.15, 0.2) is 0 Å². The summed E-state index contributed by atoms with van der Waals surface area (Å²) in [5.74, 6) is -0.337. The minimum atomic E-state index is -0.337. The summed E-state index contributed by atoms with van der Waals surface area (Å²) in [5.41, 5.74) is 6.22. The van der Waals surface area contributed by atoms with Crippen LogP contribution in [0.15, 0.2) is 18.2 Å². The molecule has 4 nitrogen and oxygen atoms in total. The van der Waals surface area contributed by atoms with E-state index in [1.807, 2.05) is 0 Å². The van der Waals surface area contributed by atoms with E-state index < -0.39 is 0 Å². The number of carbonyl (C=O) groups excluding carboxylic acids is 1. The van der Waals surface area contributed by atoms with Crippen molar-refractivity contribution in [3.63, 3.8) is 0 Å². The van der Waals surface area contributed by atoms with Gasteiger partial charge >= 0.3 is 0 Å². The molecule has 1 rings (SSSR count). The van der Waals surface area contributed by atoms with Gasteiger partial charge in [-0.3, -0.25) is 4.79 Å². The van der Waals surface area contributed by atoms with Crippen molar-refractivity contribution in [2.24, 2.45) is 0 Å². The summed E-state index contributed by atoms with van der Waals surface area (Å²) in [6.07, 6.45) is 0. The normalized spacial score (nSPS) is 12.2. The predicted octanol–water partition coefficient (Wildman–Crippen LogP) is 1.03. The molecule has 0 aliphatic heterocycles. The first-order valence-corrected chi connectivity index (χ1v) is 4.89. The number of nitrogens with one attached hydrogen (secondary N) is 1. The van der Waals surface area contributed by atoms with Gasteiger partial charge in [-0.25, -0.2) is 0 Å². The fraction of sp³-hybridized carbons (Fsp3) is 0.300. The van der Waals surface area contributed by atoms with E-state index in [1.165, 1.54) is 0 Å². The number of hydrogen-bond donors (Lipinski definition) is 3. The quantitative estimate of drug-likeness (QED) is 0.677. The Hall–Kier alpha value is -1.26. The van der Waals surface area contributed by atoms with Gasteiger partial charge in [0.2, 0.25) is 0 Å². The van der Waals surface area contributed by atoms with Gasteiger partial charge < -0.3 is 16.2 Å². The number of aliphatic hydroxyl groups is 1. The summed E-state index contributed by atoms with van der Waals surface area (Å²) >= 11 is 5.77. The van der Waals surface area contributed by atoms with E-state index in [0.717, 1.165) is 0 Å². The molecule has 0 heterocycles. The topological polar surface area (TPSA) is 75.3 Å². The van der Waals surface area contributed by atoms with E-state index >= 15 is 0 Å². The third-order valence-corrected chi connectivity index (χ3v) is 2.28. The first-order valence-electron chi connectivity index (χ1n) is 4.52. The van der Waals surface area contributed by atoms with Crippen molar-refractivity contribution in [1.29, 1.82) is 0 Å². The Morgan fingerprint density at radius 3 is 2.93 bits per heavy atom. The van der Waals surface area contributed by atoms with Gasteiger partial charge in [-0.15, -0.1) is 0 Å². The molecular formula is C10H13ClN2O2. The van der Waals surface area contributed by atoms with Gasteiger partial charge in [0, 0.05) is 6.04 Å². The Labute approximate surface area is 93.0 Å². The lowest BCUT2D eigenvalue weighted by atomic mass is 10.1. The Balaban J connectivity index is 2.87. The lowest BCUT2D eigenvalue weighted by molar-refractivity contribution is 0.0923. The van der Waals surface area contributed by atoms with Crippen LogP contribution in [0.2, 0.25) is 5.02 Å². The van der Waals surface area contributed by atoms with Crippen LogP contribution in [0.4, 0.5) is 5.69 Å². The summed E-state index contributed by atoms with van der Waals surface area (Å²) in [6.45, 7) is 1.57. The van der Waals surface area contributed by atoms with Gasteiger partial charge in [-0.2, -0.15) is 0 Å². The molecule has 0 aromatic heterocycles. The fourth-order valence-electron chi connectivity index (χ4n) is 1.08. The van der Waals surface area contributed by atoms with Gasteiger partial charge in [-0.1, -0.05) is 17.7 Å². The van der Waals surface area contributed by atoms with Crippen LogP contribution in [-0.4, -0.2) is 23.7 Å². The first-order chi connectivity index (χ1) is 7.06. The van der Waals surface area contributed by atoms with E-state index in [4.69, 9.17) is 22.4 Å². The second-order valence-corrected chi connectivity index (χ2v) is 3.67. The van der Waals surface area contributed by atoms with Crippen molar-refractivity contribution in [3.05, 3.63) is 28.8 Å². The monoisotopic (exact) mass is 228 g/mol. The predicted molar refractivity (Wildman–Crippen MR) is 59.9 cm³/mol. The van der Waals surface area contributed by atoms with Crippen molar-refractivity contribution in [3.8, 4) is 0 Å². The second-order valence-electron chi connectivity index (χ2n) is 3.26. The smallest absolute Gasteiger partial charge is 0.253 e. The van der Waals surface area contributed by atoms with Gasteiger partial charge in [0.05, 0.1) is 22.9 Å². The molecule has 5 heteroatoms. The number of rotatable bonds is 3. The number of halogens is 1. The molecule has 1 amide bonds. The minimum absolute atomic E-state index is 0.119. The molecule has 0 radical (unpaired) electrons. The van der Waals surface area contributed by atoms with E-state index in [0.29, 0.717) is 10.6 Å². The SMILES string of the molecule is C[C@@H](CO)NC(=O)c1cccc(Cl)c1N. The van der Waals surface area contributed by atoms with Crippen molar-refractivity contribution < 1.29 is 9.90 Å². The highest BCUT2D eigenvalue weighted by Crippen LogP contribution is 2.22. The molecule has 0 aliphatic carbocycles. The number of benzene rings is 1. The molecule has 0 spiro atoms. The van der Waals surface area contributed by atoms with Crippen LogP contribution in [0, 0.1) is 0 Å². The highest BCUT2D eigenvalue weighted by atomic mass is 35.5. The number of aliphatic hydroxyl groups excluding tert-OH is 1. The number of amides is 1. The molecule has 0 saturated heterocycles. The maximum absolute atomic E-state index is 11.6. The average Bonchev–Trinajstić information content (AvgIpc) is 2.21. The number of anilines is 1. The Kier molecular flexibility index (Phi) is 3.94. The number of carbonyl (C=O) groups is 1. The molecule has 1 aromatic carbocycles. The maximum atomic E-state index is 11.6. The zero-order chi connectivity index (χ0) is 11.4. The molecule has 0 aliphatic rings. The third kappa shape index (κ3) is 2.84.